The number of nitrogens with zero attached hydrogens (tertiary/aromatic N) is 7. The van der Waals surface area contributed by atoms with Crippen molar-refractivity contribution in [2.45, 2.75) is 18.9 Å². The summed E-state index contributed by atoms with van der Waals surface area (Å²) in [6.45, 7) is 9.90. The lowest BCUT2D eigenvalue weighted by Crippen LogP contribution is -2.52. The Balaban J connectivity index is 1.21. The van der Waals surface area contributed by atoms with Gasteiger partial charge in [-0.15, -0.1) is 0 Å². The first-order valence-electron chi connectivity index (χ1n) is 15.1. The molecule has 2 fully saturated rings. The average Bonchev–Trinajstić information content (AvgIpc) is 3.02. The molecule has 0 atom stereocenters. The van der Waals surface area contributed by atoms with Crippen LogP contribution >= 0.6 is 23.1 Å². The lowest BCUT2D eigenvalue weighted by molar-refractivity contribution is 0.0982. The Kier molecular flexibility index (Phi) is 9.15. The highest BCUT2D eigenvalue weighted by Gasteiger charge is 2.28. The number of nitrogens with two attached hydrogens (primary N) is 1. The molecule has 4 heterocycles. The summed E-state index contributed by atoms with van der Waals surface area (Å²) in [6.07, 6.45) is 7.12. The van der Waals surface area contributed by atoms with Gasteiger partial charge in [-0.05, 0) is 67.3 Å². The van der Waals surface area contributed by atoms with Crippen LogP contribution in [0.3, 0.4) is 0 Å². The van der Waals surface area contributed by atoms with Crippen LogP contribution in [0.5, 0.6) is 5.75 Å². The summed E-state index contributed by atoms with van der Waals surface area (Å²) < 4.78 is 19.8. The van der Waals surface area contributed by atoms with Crippen LogP contribution in [-0.4, -0.2) is 103 Å². The summed E-state index contributed by atoms with van der Waals surface area (Å²) >= 11 is 3.56. The molecule has 2 aromatic heterocycles. The quantitative estimate of drug-likeness (QED) is 0.174. The zero-order chi connectivity index (χ0) is 31.7. The van der Waals surface area contributed by atoms with Crippen LogP contribution in [0.15, 0.2) is 47.3 Å². The van der Waals surface area contributed by atoms with Gasteiger partial charge in [0.05, 0.1) is 45.2 Å². The van der Waals surface area contributed by atoms with Gasteiger partial charge < -0.3 is 35.5 Å². The number of halogens is 1. The number of rotatable bonds is 8. The molecule has 0 aliphatic carbocycles. The van der Waals surface area contributed by atoms with E-state index in [0.29, 0.717) is 61.4 Å². The van der Waals surface area contributed by atoms with Crippen molar-refractivity contribution in [3.8, 4) is 5.75 Å². The minimum absolute atomic E-state index is 0.345. The molecule has 0 spiro atoms. The van der Waals surface area contributed by atoms with Gasteiger partial charge in [0.15, 0.2) is 0 Å². The first kappa shape index (κ1) is 31.5. The Labute approximate surface area is 272 Å². The number of hydrogen-bond donors (Lipinski definition) is 3. The molecule has 12 nitrogen and oxygen atoms in total. The predicted molar refractivity (Wildman–Crippen MR) is 187 cm³/mol. The van der Waals surface area contributed by atoms with Crippen molar-refractivity contribution < 1.29 is 9.30 Å². The summed E-state index contributed by atoms with van der Waals surface area (Å²) in [6, 6.07) is 8.20. The smallest absolute Gasteiger partial charge is 0.229 e. The molecule has 6 rings (SSSR count). The fourth-order valence-corrected chi connectivity index (χ4v) is 7.90. The average molecular weight is 696 g/mol. The number of benzene rings is 2. The van der Waals surface area contributed by atoms with Crippen LogP contribution < -0.4 is 31.3 Å². The fraction of sp³-hybridized carbons (Fsp3) is 0.419. The molecule has 45 heavy (non-hydrogen) atoms. The molecule has 0 unspecified atom stereocenters. The number of nitrogens with one attached hydrogen (secondary N) is 2. The largest absolute Gasteiger partial charge is 0.494 e. The maximum atomic E-state index is 13.4. The molecule has 4 N–H and O–H groups in total. The van der Waals surface area contributed by atoms with Gasteiger partial charge in [-0.1, -0.05) is 0 Å². The third-order valence-electron chi connectivity index (χ3n) is 8.60. The van der Waals surface area contributed by atoms with Crippen molar-refractivity contribution >= 4 is 73.9 Å². The minimum Gasteiger partial charge on any atom is -0.494 e. The molecule has 14 heteroatoms. The van der Waals surface area contributed by atoms with E-state index >= 15 is 0 Å². The predicted octanol–water partition coefficient (Wildman–Crippen LogP) is 4.72. The number of methoxy groups -OCH3 is 1. The first-order valence-corrected chi connectivity index (χ1v) is 18.5. The van der Waals surface area contributed by atoms with Gasteiger partial charge in [0.2, 0.25) is 5.95 Å². The summed E-state index contributed by atoms with van der Waals surface area (Å²) in [4.78, 5) is 25.5. The van der Waals surface area contributed by atoms with Crippen LogP contribution in [0.25, 0.3) is 11.0 Å². The normalized spacial score (nSPS) is 17.0. The standard InChI is InChI=1S/C31H40BrN10O2P/c1-40-13-15-41(16-14-40)20-7-11-42(12-8-20)26-18-27(44-2)25(17-22(26)33)38-31-36-19-21(32)30(39-31)37-24-6-5-23-28(35-10-9-34-23)29(24)45(3,4)43/h5-6,9-10,17-20H,7-8,11-16,33H2,1-4H3,(H2,36,37,38,39). The Morgan fingerprint density at radius 2 is 1.71 bits per heavy atom. The number of ether oxygens (including phenoxy) is 1. The maximum absolute atomic E-state index is 13.4. The molecule has 0 saturated carbocycles. The molecule has 4 aromatic rings. The second-order valence-electron chi connectivity index (χ2n) is 12.0. The van der Waals surface area contributed by atoms with E-state index in [1.54, 1.807) is 39.0 Å². The monoisotopic (exact) mass is 694 g/mol. The van der Waals surface area contributed by atoms with E-state index in [1.807, 2.05) is 24.3 Å². The van der Waals surface area contributed by atoms with E-state index in [9.17, 15) is 4.57 Å². The lowest BCUT2D eigenvalue weighted by atomic mass is 10.0. The number of piperidine rings is 1. The van der Waals surface area contributed by atoms with Crippen molar-refractivity contribution in [3.63, 3.8) is 0 Å². The van der Waals surface area contributed by atoms with Gasteiger partial charge in [-0.3, -0.25) is 14.9 Å². The van der Waals surface area contributed by atoms with Gasteiger partial charge in [0, 0.05) is 70.0 Å². The maximum Gasteiger partial charge on any atom is 0.229 e. The fourth-order valence-electron chi connectivity index (χ4n) is 6.22. The van der Waals surface area contributed by atoms with Crippen molar-refractivity contribution in [3.05, 3.63) is 47.3 Å². The zero-order valence-corrected chi connectivity index (χ0v) is 28.6. The zero-order valence-electron chi connectivity index (χ0n) is 26.1. The Bertz CT molecular complexity index is 1740. The van der Waals surface area contributed by atoms with Gasteiger partial charge in [-0.25, -0.2) is 4.98 Å². The van der Waals surface area contributed by atoms with E-state index in [0.717, 1.165) is 57.8 Å². The van der Waals surface area contributed by atoms with Crippen LogP contribution in [0, 0.1) is 0 Å². The number of fused-ring (bicyclic) bond motifs is 1. The van der Waals surface area contributed by atoms with Crippen LogP contribution in [-0.2, 0) is 4.57 Å². The summed E-state index contributed by atoms with van der Waals surface area (Å²) in [5.74, 6) is 1.49. The molecular formula is C31H40BrN10O2P. The first-order chi connectivity index (χ1) is 21.6. The van der Waals surface area contributed by atoms with Crippen LogP contribution in [0.4, 0.5) is 34.5 Å². The molecule has 2 aliphatic heterocycles. The third kappa shape index (κ3) is 6.86. The van der Waals surface area contributed by atoms with E-state index in [2.05, 4.69) is 63.3 Å². The third-order valence-corrected chi connectivity index (χ3v) is 10.7. The summed E-state index contributed by atoms with van der Waals surface area (Å²) in [5, 5.41) is 7.24. The molecular weight excluding hydrogens is 655 g/mol. The summed E-state index contributed by atoms with van der Waals surface area (Å²) in [5.41, 5.74) is 10.9. The molecule has 2 saturated heterocycles. The molecule has 2 aromatic carbocycles. The van der Waals surface area contributed by atoms with Gasteiger partial charge in [-0.2, -0.15) is 4.98 Å². The van der Waals surface area contributed by atoms with E-state index in [1.165, 1.54) is 0 Å². The SMILES string of the molecule is COc1cc(N2CCC(N3CCN(C)CC3)CC2)c(N)cc1Nc1ncc(Br)c(Nc2ccc3nccnc3c2P(C)(C)=O)n1. The number of aromatic nitrogens is 4. The van der Waals surface area contributed by atoms with Gasteiger partial charge in [0.1, 0.15) is 24.2 Å². The van der Waals surface area contributed by atoms with E-state index < -0.39 is 7.14 Å². The van der Waals surface area contributed by atoms with Crippen LogP contribution in [0.2, 0.25) is 0 Å². The van der Waals surface area contributed by atoms with Crippen molar-refractivity contribution in [2.24, 2.45) is 0 Å². The second-order valence-corrected chi connectivity index (χ2v) is 16.0. The van der Waals surface area contributed by atoms with E-state index in [-0.39, 0.29) is 0 Å². The van der Waals surface area contributed by atoms with Crippen LogP contribution in [0.1, 0.15) is 12.8 Å². The highest BCUT2D eigenvalue weighted by molar-refractivity contribution is 9.10. The molecule has 0 radical (unpaired) electrons. The minimum atomic E-state index is -2.74. The highest BCUT2D eigenvalue weighted by Crippen LogP contribution is 2.42. The highest BCUT2D eigenvalue weighted by atomic mass is 79.9. The molecule has 238 valence electrons. The summed E-state index contributed by atoms with van der Waals surface area (Å²) in [7, 11) is 1.10. The van der Waals surface area contributed by atoms with Crippen molar-refractivity contribution in [1.29, 1.82) is 0 Å². The Hall–Kier alpha value is -3.51. The molecule has 0 bridgehead atoms. The second kappa shape index (κ2) is 13.1. The van der Waals surface area contributed by atoms with E-state index in [4.69, 9.17) is 15.5 Å². The molecule has 2 aliphatic rings. The number of nitrogen functional groups attached to an aromatic ring is 1. The van der Waals surface area contributed by atoms with Crippen molar-refractivity contribution in [2.75, 3.05) is 88.0 Å². The van der Waals surface area contributed by atoms with Gasteiger partial charge in [0.25, 0.3) is 0 Å². The Morgan fingerprint density at radius 1 is 0.978 bits per heavy atom. The molecule has 0 amide bonds. The number of hydrogen-bond acceptors (Lipinski definition) is 12. The Morgan fingerprint density at radius 3 is 2.42 bits per heavy atom. The number of likely N-dealkylation sites (N-methyl/N-ethyl adjacent to an activating group) is 1. The lowest BCUT2D eigenvalue weighted by Gasteiger charge is -2.42. The number of piperazine rings is 1. The van der Waals surface area contributed by atoms with Crippen molar-refractivity contribution in [1.82, 2.24) is 29.7 Å². The number of anilines is 6. The van der Waals surface area contributed by atoms with Gasteiger partial charge >= 0.3 is 0 Å². The topological polar surface area (TPSA) is 138 Å².